The number of aliphatic carboxylic acids is 1. The van der Waals surface area contributed by atoms with Crippen LogP contribution in [0.2, 0.25) is 0 Å². The largest absolute Gasteiger partial charge is 0.480 e. The van der Waals surface area contributed by atoms with E-state index in [1.165, 1.54) is 0 Å². The van der Waals surface area contributed by atoms with Crippen LogP contribution in [0.1, 0.15) is 23.6 Å². The Hall–Kier alpha value is -1.86. The maximum atomic E-state index is 10.8. The summed E-state index contributed by atoms with van der Waals surface area (Å²) in [5, 5.41) is 29.3. The molecule has 1 heterocycles. The highest BCUT2D eigenvalue weighted by Gasteiger charge is 2.37. The third-order valence-corrected chi connectivity index (χ3v) is 4.54. The fraction of sp³-hybridized carbons (Fsp3) is 0.188. The average Bonchev–Trinajstić information content (AvgIpc) is 2.73. The predicted molar refractivity (Wildman–Crippen MR) is 81.3 cm³/mol. The summed E-state index contributed by atoms with van der Waals surface area (Å²) >= 11 is 1.54. The van der Waals surface area contributed by atoms with Crippen LogP contribution in [-0.4, -0.2) is 32.7 Å². The van der Waals surface area contributed by atoms with Crippen molar-refractivity contribution < 1.29 is 20.1 Å². The summed E-state index contributed by atoms with van der Waals surface area (Å²) in [7, 11) is 0. The van der Waals surface area contributed by atoms with Gasteiger partial charge in [-0.3, -0.25) is 4.79 Å². The molecule has 22 heavy (non-hydrogen) atoms. The van der Waals surface area contributed by atoms with Crippen molar-refractivity contribution in [3.8, 4) is 0 Å². The van der Waals surface area contributed by atoms with Gasteiger partial charge in [0.25, 0.3) is 0 Å². The second-order valence-corrected chi connectivity index (χ2v) is 6.17. The third-order valence-electron chi connectivity index (χ3n) is 3.54. The van der Waals surface area contributed by atoms with Crippen LogP contribution in [0, 0.1) is 0 Å². The minimum atomic E-state index is -1.11. The number of carboxylic acids is 1. The Morgan fingerprint density at radius 3 is 2.36 bits per heavy atom. The molecule has 2 aromatic carbocycles. The molecular formula is C16H15NO4S. The zero-order valence-corrected chi connectivity index (χ0v) is 12.4. The van der Waals surface area contributed by atoms with E-state index in [-0.39, 0.29) is 0 Å². The summed E-state index contributed by atoms with van der Waals surface area (Å²) in [6.45, 7) is -0.418. The van der Waals surface area contributed by atoms with Crippen LogP contribution in [0.25, 0.3) is 0 Å². The number of fused-ring (bicyclic) bond motifs is 1. The summed E-state index contributed by atoms with van der Waals surface area (Å²) in [5.41, 5.74) is 1.10. The highest BCUT2D eigenvalue weighted by atomic mass is 32.2. The molecule has 1 aliphatic rings. The summed E-state index contributed by atoms with van der Waals surface area (Å²) in [5.74, 6) is -1.09. The van der Waals surface area contributed by atoms with Gasteiger partial charge in [0.15, 0.2) is 0 Å². The topological polar surface area (TPSA) is 81.0 Å². The average molecular weight is 317 g/mol. The van der Waals surface area contributed by atoms with Crippen LogP contribution in [0.3, 0.4) is 0 Å². The number of benzene rings is 2. The van der Waals surface area contributed by atoms with E-state index in [0.29, 0.717) is 11.1 Å². The van der Waals surface area contributed by atoms with Gasteiger partial charge in [-0.15, -0.1) is 0 Å². The Bertz CT molecular complexity index is 692. The van der Waals surface area contributed by atoms with Crippen molar-refractivity contribution in [2.45, 2.75) is 22.2 Å². The maximum Gasteiger partial charge on any atom is 0.317 e. The van der Waals surface area contributed by atoms with E-state index in [9.17, 15) is 15.0 Å². The second kappa shape index (κ2) is 6.10. The number of carbonyl (C=O) groups is 1. The molecule has 0 fully saturated rings. The van der Waals surface area contributed by atoms with Gasteiger partial charge in [0.2, 0.25) is 0 Å². The molecule has 0 bridgehead atoms. The maximum absolute atomic E-state index is 10.8. The van der Waals surface area contributed by atoms with Crippen LogP contribution in [0.15, 0.2) is 58.3 Å². The molecule has 2 unspecified atom stereocenters. The van der Waals surface area contributed by atoms with E-state index >= 15 is 0 Å². The molecule has 5 nitrogen and oxygen atoms in total. The van der Waals surface area contributed by atoms with Gasteiger partial charge >= 0.3 is 5.97 Å². The fourth-order valence-corrected chi connectivity index (χ4v) is 3.41. The molecule has 0 radical (unpaired) electrons. The number of nitrogens with zero attached hydrogens (tertiary/aromatic N) is 1. The van der Waals surface area contributed by atoms with Gasteiger partial charge in [-0.2, -0.15) is 0 Å². The van der Waals surface area contributed by atoms with Crippen LogP contribution in [0.4, 0.5) is 0 Å². The lowest BCUT2D eigenvalue weighted by Crippen LogP contribution is -2.31. The van der Waals surface area contributed by atoms with Gasteiger partial charge in [-0.05, 0) is 24.3 Å². The lowest BCUT2D eigenvalue weighted by Gasteiger charge is -2.21. The van der Waals surface area contributed by atoms with E-state index in [2.05, 4.69) is 0 Å². The van der Waals surface area contributed by atoms with Gasteiger partial charge in [0.05, 0.1) is 0 Å². The quantitative estimate of drug-likeness (QED) is 0.802. The second-order valence-electron chi connectivity index (χ2n) is 5.02. The molecule has 2 aromatic rings. The monoisotopic (exact) mass is 317 g/mol. The minimum absolute atomic E-state index is 0.418. The van der Waals surface area contributed by atoms with Crippen molar-refractivity contribution in [2.75, 3.05) is 6.54 Å². The number of hydrogen-bond donors (Lipinski definition) is 3. The highest BCUT2D eigenvalue weighted by molar-refractivity contribution is 7.99. The van der Waals surface area contributed by atoms with Gasteiger partial charge in [0, 0.05) is 20.9 Å². The lowest BCUT2D eigenvalue weighted by molar-refractivity contribution is -0.148. The molecule has 0 saturated heterocycles. The molecule has 3 N–H and O–H groups in total. The summed E-state index contributed by atoms with van der Waals surface area (Å²) in [6.07, 6.45) is -2.21. The molecule has 114 valence electrons. The summed E-state index contributed by atoms with van der Waals surface area (Å²) < 4.78 is 0. The van der Waals surface area contributed by atoms with Crippen LogP contribution >= 0.6 is 11.8 Å². The Labute approximate surface area is 131 Å². The Kier molecular flexibility index (Phi) is 4.17. The first-order valence-electron chi connectivity index (χ1n) is 6.76. The predicted octanol–water partition coefficient (Wildman–Crippen LogP) is 2.22. The zero-order chi connectivity index (χ0) is 15.7. The zero-order valence-electron chi connectivity index (χ0n) is 11.6. The fourth-order valence-electron chi connectivity index (χ4n) is 2.52. The molecule has 0 saturated carbocycles. The van der Waals surface area contributed by atoms with Crippen LogP contribution in [0.5, 0.6) is 0 Å². The first-order valence-corrected chi connectivity index (χ1v) is 7.58. The van der Waals surface area contributed by atoms with Gasteiger partial charge < -0.3 is 15.3 Å². The van der Waals surface area contributed by atoms with Gasteiger partial charge in [-0.25, -0.2) is 4.90 Å². The van der Waals surface area contributed by atoms with Crippen molar-refractivity contribution in [3.05, 3.63) is 59.7 Å². The number of aliphatic hydroxyl groups excluding tert-OH is 2. The van der Waals surface area contributed by atoms with Crippen LogP contribution in [-0.2, 0) is 4.79 Å². The number of hydrogen-bond acceptors (Lipinski definition) is 5. The van der Waals surface area contributed by atoms with Crippen LogP contribution < -0.4 is 0 Å². The summed E-state index contributed by atoms with van der Waals surface area (Å²) in [4.78, 5) is 14.0. The van der Waals surface area contributed by atoms with Crippen molar-refractivity contribution in [1.29, 1.82) is 0 Å². The Balaban J connectivity index is 1.86. The molecule has 0 aromatic heterocycles. The molecule has 0 aliphatic carbocycles. The Morgan fingerprint density at radius 1 is 1.00 bits per heavy atom. The van der Waals surface area contributed by atoms with E-state index in [4.69, 9.17) is 5.11 Å². The van der Waals surface area contributed by atoms with Gasteiger partial charge in [0.1, 0.15) is 19.0 Å². The molecule has 0 amide bonds. The van der Waals surface area contributed by atoms with E-state index in [1.807, 2.05) is 36.4 Å². The number of aliphatic hydroxyl groups is 2. The SMILES string of the molecule is O=C(O)CN1C(O)c2ccc(Sc3ccccc3)cc2C1O. The molecule has 6 heteroatoms. The first kappa shape index (κ1) is 15.1. The molecular weight excluding hydrogens is 302 g/mol. The highest BCUT2D eigenvalue weighted by Crippen LogP contribution is 2.41. The lowest BCUT2D eigenvalue weighted by atomic mass is 10.1. The molecule has 2 atom stereocenters. The van der Waals surface area contributed by atoms with E-state index in [0.717, 1.165) is 14.7 Å². The van der Waals surface area contributed by atoms with Crippen molar-refractivity contribution in [3.63, 3.8) is 0 Å². The molecule has 3 rings (SSSR count). The van der Waals surface area contributed by atoms with Gasteiger partial charge in [-0.1, -0.05) is 36.0 Å². The van der Waals surface area contributed by atoms with E-state index in [1.54, 1.807) is 23.9 Å². The third kappa shape index (κ3) is 2.86. The smallest absolute Gasteiger partial charge is 0.317 e. The molecule has 0 spiro atoms. The van der Waals surface area contributed by atoms with E-state index < -0.39 is 25.0 Å². The van der Waals surface area contributed by atoms with Crippen molar-refractivity contribution in [2.24, 2.45) is 0 Å². The minimum Gasteiger partial charge on any atom is -0.480 e. The number of rotatable bonds is 4. The normalized spacial score (nSPS) is 20.8. The summed E-state index contributed by atoms with van der Waals surface area (Å²) in [6, 6.07) is 15.2. The number of carboxylic acid groups (broad SMARTS) is 1. The standard InChI is InChI=1S/C16H15NO4S/c18-14(19)9-17-15(20)12-7-6-11(8-13(12)16(17)21)22-10-4-2-1-3-5-10/h1-8,15-16,20-21H,9H2,(H,18,19). The van der Waals surface area contributed by atoms with Crippen molar-refractivity contribution >= 4 is 17.7 Å². The first-order chi connectivity index (χ1) is 10.6. The van der Waals surface area contributed by atoms with Crippen molar-refractivity contribution in [1.82, 2.24) is 4.90 Å². The Morgan fingerprint density at radius 2 is 1.68 bits per heavy atom. The molecule has 1 aliphatic heterocycles.